The van der Waals surface area contributed by atoms with Gasteiger partial charge >= 0.3 is 0 Å². The summed E-state index contributed by atoms with van der Waals surface area (Å²) in [4.78, 5) is 13.9. The third-order valence-electron chi connectivity index (χ3n) is 3.66. The predicted molar refractivity (Wildman–Crippen MR) is 73.4 cm³/mol. The van der Waals surface area contributed by atoms with Crippen molar-refractivity contribution >= 4 is 5.91 Å². The predicted octanol–water partition coefficient (Wildman–Crippen LogP) is 1.03. The lowest BCUT2D eigenvalue weighted by Crippen LogP contribution is -2.48. The molecule has 0 radical (unpaired) electrons. The van der Waals surface area contributed by atoms with Gasteiger partial charge in [0.15, 0.2) is 0 Å². The Morgan fingerprint density at radius 3 is 2.63 bits per heavy atom. The highest BCUT2D eigenvalue weighted by atomic mass is 16.2. The molecule has 108 valence electrons. The summed E-state index contributed by atoms with van der Waals surface area (Å²) in [7, 11) is 1.91. The minimum Gasteiger partial charge on any atom is -0.396 e. The number of nitrogens with zero attached hydrogens (tertiary/aromatic N) is 2. The molecule has 1 fully saturated rings. The molecule has 1 rings (SSSR count). The van der Waals surface area contributed by atoms with Crippen LogP contribution < -0.4 is 5.32 Å². The fraction of sp³-hybridized carbons (Fsp3) is 0.857. The summed E-state index contributed by atoms with van der Waals surface area (Å²) in [6.07, 6.45) is 6.36. The molecule has 0 aromatic carbocycles. The summed E-state index contributed by atoms with van der Waals surface area (Å²) >= 11 is 0. The Hall–Kier alpha value is -1.12. The van der Waals surface area contributed by atoms with E-state index in [0.717, 1.165) is 51.5 Å². The van der Waals surface area contributed by atoms with Crippen LogP contribution in [0.5, 0.6) is 0 Å². The number of hydrogen-bond acceptors (Lipinski definition) is 4. The lowest BCUT2D eigenvalue weighted by molar-refractivity contribution is -0.123. The number of amides is 1. The average Bonchev–Trinajstić information content (AvgIpc) is 2.83. The van der Waals surface area contributed by atoms with E-state index in [9.17, 15) is 10.1 Å². The van der Waals surface area contributed by atoms with Gasteiger partial charge in [-0.15, -0.1) is 0 Å². The van der Waals surface area contributed by atoms with Crippen molar-refractivity contribution in [3.05, 3.63) is 0 Å². The Morgan fingerprint density at radius 2 is 2.05 bits per heavy atom. The van der Waals surface area contributed by atoms with E-state index in [1.807, 2.05) is 11.9 Å². The summed E-state index contributed by atoms with van der Waals surface area (Å²) < 4.78 is 0. The summed E-state index contributed by atoms with van der Waals surface area (Å²) in [5.41, 5.74) is -0.616. The number of hydrogen-bond donors (Lipinski definition) is 2. The van der Waals surface area contributed by atoms with E-state index in [-0.39, 0.29) is 12.5 Å². The molecular formula is C14H25N3O2. The minimum absolute atomic E-state index is 0.0619. The lowest BCUT2D eigenvalue weighted by atomic mass is 10.00. The quantitative estimate of drug-likeness (QED) is 0.644. The van der Waals surface area contributed by atoms with Gasteiger partial charge in [-0.1, -0.05) is 0 Å². The van der Waals surface area contributed by atoms with Crippen LogP contribution >= 0.6 is 0 Å². The first kappa shape index (κ1) is 15.9. The molecule has 1 aliphatic carbocycles. The van der Waals surface area contributed by atoms with Crippen molar-refractivity contribution in [3.63, 3.8) is 0 Å². The van der Waals surface area contributed by atoms with Crippen LogP contribution in [0.3, 0.4) is 0 Å². The van der Waals surface area contributed by atoms with E-state index in [4.69, 9.17) is 5.11 Å². The standard InChI is InChI=1S/C14H25N3O2/c1-17(9-5-2-6-10-18)11-13(19)16-14(12-15)7-3-4-8-14/h18H,2-11H2,1H3,(H,16,19). The third-order valence-corrected chi connectivity index (χ3v) is 3.66. The highest BCUT2D eigenvalue weighted by Crippen LogP contribution is 2.28. The summed E-state index contributed by atoms with van der Waals surface area (Å²) in [5, 5.41) is 20.8. The van der Waals surface area contributed by atoms with Gasteiger partial charge in [0.25, 0.3) is 0 Å². The number of aliphatic hydroxyl groups is 1. The van der Waals surface area contributed by atoms with Crippen LogP contribution in [0.2, 0.25) is 0 Å². The van der Waals surface area contributed by atoms with Crippen LogP contribution in [0.1, 0.15) is 44.9 Å². The largest absolute Gasteiger partial charge is 0.396 e. The first-order valence-corrected chi connectivity index (χ1v) is 7.13. The minimum atomic E-state index is -0.616. The molecule has 5 nitrogen and oxygen atoms in total. The number of nitriles is 1. The molecule has 0 saturated heterocycles. The van der Waals surface area contributed by atoms with Gasteiger partial charge in [-0.3, -0.25) is 9.69 Å². The lowest BCUT2D eigenvalue weighted by Gasteiger charge is -2.24. The van der Waals surface area contributed by atoms with E-state index in [0.29, 0.717) is 6.54 Å². The fourth-order valence-electron chi connectivity index (χ4n) is 2.54. The molecule has 0 heterocycles. The Balaban J connectivity index is 2.24. The SMILES string of the molecule is CN(CCCCCO)CC(=O)NC1(C#N)CCCC1. The zero-order valence-electron chi connectivity index (χ0n) is 11.8. The van der Waals surface area contributed by atoms with Gasteiger partial charge < -0.3 is 10.4 Å². The van der Waals surface area contributed by atoms with Crippen LogP contribution in [0, 0.1) is 11.3 Å². The molecule has 19 heavy (non-hydrogen) atoms. The van der Waals surface area contributed by atoms with Crippen molar-refractivity contribution in [1.82, 2.24) is 10.2 Å². The van der Waals surface area contributed by atoms with Crippen molar-refractivity contribution in [2.75, 3.05) is 26.7 Å². The maximum Gasteiger partial charge on any atom is 0.235 e. The highest BCUT2D eigenvalue weighted by molar-refractivity contribution is 5.79. The van der Waals surface area contributed by atoms with Crippen LogP contribution in [0.25, 0.3) is 0 Å². The highest BCUT2D eigenvalue weighted by Gasteiger charge is 2.35. The molecule has 0 unspecified atom stereocenters. The van der Waals surface area contributed by atoms with Gasteiger partial charge in [-0.2, -0.15) is 5.26 Å². The summed E-state index contributed by atoms with van der Waals surface area (Å²) in [6.45, 7) is 1.41. The normalized spacial score (nSPS) is 17.4. The summed E-state index contributed by atoms with van der Waals surface area (Å²) in [6, 6.07) is 2.26. The number of nitrogens with one attached hydrogen (secondary N) is 1. The zero-order chi connectivity index (χ0) is 14.1. The number of likely N-dealkylation sites (N-methyl/N-ethyl adjacent to an activating group) is 1. The maximum absolute atomic E-state index is 11.9. The molecule has 0 spiro atoms. The first-order chi connectivity index (χ1) is 9.12. The molecule has 2 N–H and O–H groups in total. The molecule has 0 aliphatic heterocycles. The molecule has 0 aromatic heterocycles. The number of unbranched alkanes of at least 4 members (excludes halogenated alkanes) is 2. The van der Waals surface area contributed by atoms with Gasteiger partial charge in [0, 0.05) is 6.61 Å². The molecule has 1 aliphatic rings. The second-order valence-corrected chi connectivity index (χ2v) is 5.47. The van der Waals surface area contributed by atoms with Crippen molar-refractivity contribution < 1.29 is 9.90 Å². The van der Waals surface area contributed by atoms with Crippen LogP contribution in [-0.2, 0) is 4.79 Å². The Kier molecular flexibility index (Phi) is 6.82. The fourth-order valence-corrected chi connectivity index (χ4v) is 2.54. The van der Waals surface area contributed by atoms with Gasteiger partial charge in [-0.05, 0) is 58.5 Å². The number of rotatable bonds is 8. The monoisotopic (exact) mass is 267 g/mol. The number of carbonyl (C=O) groups excluding carboxylic acids is 1. The average molecular weight is 267 g/mol. The van der Waals surface area contributed by atoms with E-state index >= 15 is 0 Å². The van der Waals surface area contributed by atoms with Crippen molar-refractivity contribution in [3.8, 4) is 6.07 Å². The van der Waals surface area contributed by atoms with Gasteiger partial charge in [0.05, 0.1) is 12.6 Å². The smallest absolute Gasteiger partial charge is 0.235 e. The van der Waals surface area contributed by atoms with Crippen molar-refractivity contribution in [1.29, 1.82) is 5.26 Å². The second-order valence-electron chi connectivity index (χ2n) is 5.47. The molecular weight excluding hydrogens is 242 g/mol. The Morgan fingerprint density at radius 1 is 1.37 bits per heavy atom. The van der Waals surface area contributed by atoms with Gasteiger partial charge in [-0.25, -0.2) is 0 Å². The van der Waals surface area contributed by atoms with Gasteiger partial charge in [0.2, 0.25) is 5.91 Å². The second kappa shape index (κ2) is 8.13. The zero-order valence-corrected chi connectivity index (χ0v) is 11.8. The van der Waals surface area contributed by atoms with Crippen molar-refractivity contribution in [2.24, 2.45) is 0 Å². The van der Waals surface area contributed by atoms with E-state index in [1.54, 1.807) is 0 Å². The molecule has 1 saturated carbocycles. The van der Waals surface area contributed by atoms with Gasteiger partial charge in [0.1, 0.15) is 5.54 Å². The van der Waals surface area contributed by atoms with Crippen LogP contribution in [0.15, 0.2) is 0 Å². The molecule has 0 atom stereocenters. The Bertz CT molecular complexity index is 319. The topological polar surface area (TPSA) is 76.4 Å². The first-order valence-electron chi connectivity index (χ1n) is 7.13. The van der Waals surface area contributed by atoms with E-state index in [2.05, 4.69) is 11.4 Å². The van der Waals surface area contributed by atoms with Crippen LogP contribution in [0.4, 0.5) is 0 Å². The van der Waals surface area contributed by atoms with E-state index in [1.165, 1.54) is 0 Å². The van der Waals surface area contributed by atoms with Crippen LogP contribution in [-0.4, -0.2) is 48.2 Å². The molecule has 0 aromatic rings. The Labute approximate surface area is 115 Å². The van der Waals surface area contributed by atoms with Crippen molar-refractivity contribution in [2.45, 2.75) is 50.5 Å². The maximum atomic E-state index is 11.9. The molecule has 5 heteroatoms. The number of carbonyl (C=O) groups is 1. The molecule has 0 bridgehead atoms. The third kappa shape index (κ3) is 5.58. The molecule has 1 amide bonds. The van der Waals surface area contributed by atoms with E-state index < -0.39 is 5.54 Å². The number of aliphatic hydroxyl groups excluding tert-OH is 1. The summed E-state index contributed by atoms with van der Waals surface area (Å²) in [5.74, 6) is -0.0619.